The largest absolute Gasteiger partial charge is 0.366 e. The molecule has 0 saturated carbocycles. The quantitative estimate of drug-likeness (QED) is 0.783. The van der Waals surface area contributed by atoms with Crippen LogP contribution in [0.5, 0.6) is 0 Å². The molecule has 0 radical (unpaired) electrons. The third-order valence-electron chi connectivity index (χ3n) is 2.84. The highest BCUT2D eigenvalue weighted by Gasteiger charge is 2.02. The summed E-state index contributed by atoms with van der Waals surface area (Å²) in [6.45, 7) is 0.725. The van der Waals surface area contributed by atoms with Crippen molar-refractivity contribution in [2.75, 3.05) is 5.32 Å². The molecule has 0 fully saturated rings. The number of nitrogens with zero attached hydrogens (tertiary/aromatic N) is 4. The van der Waals surface area contributed by atoms with Gasteiger partial charge in [-0.3, -0.25) is 0 Å². The van der Waals surface area contributed by atoms with Gasteiger partial charge in [-0.05, 0) is 5.56 Å². The van der Waals surface area contributed by atoms with E-state index in [0.717, 1.165) is 23.6 Å². The number of nitrogens with one attached hydrogen (secondary N) is 1. The number of hydrogen-bond acceptors (Lipinski definition) is 5. The van der Waals surface area contributed by atoms with Gasteiger partial charge in [-0.1, -0.05) is 30.3 Å². The van der Waals surface area contributed by atoms with Crippen molar-refractivity contribution >= 4 is 5.82 Å². The van der Waals surface area contributed by atoms with Crippen molar-refractivity contribution in [3.05, 3.63) is 67.0 Å². The lowest BCUT2D eigenvalue weighted by molar-refractivity contribution is 1.08. The molecule has 3 aromatic rings. The maximum atomic E-state index is 4.23. The minimum Gasteiger partial charge on any atom is -0.366 e. The molecule has 5 nitrogen and oxygen atoms in total. The Morgan fingerprint density at radius 3 is 2.50 bits per heavy atom. The Morgan fingerprint density at radius 1 is 0.900 bits per heavy atom. The van der Waals surface area contributed by atoms with Crippen LogP contribution in [0.25, 0.3) is 11.3 Å². The molecule has 2 heterocycles. The zero-order valence-electron chi connectivity index (χ0n) is 10.8. The first-order valence-corrected chi connectivity index (χ1v) is 6.27. The van der Waals surface area contributed by atoms with Gasteiger partial charge in [0.2, 0.25) is 0 Å². The summed E-state index contributed by atoms with van der Waals surface area (Å²) in [6.07, 6.45) is 6.50. The Balaban J connectivity index is 1.75. The third-order valence-corrected chi connectivity index (χ3v) is 2.84. The van der Waals surface area contributed by atoms with Gasteiger partial charge in [0.1, 0.15) is 18.5 Å². The summed E-state index contributed by atoms with van der Waals surface area (Å²) in [5, 5.41) is 3.28. The molecule has 98 valence electrons. The number of rotatable bonds is 4. The molecule has 0 amide bonds. The summed E-state index contributed by atoms with van der Waals surface area (Å²) >= 11 is 0. The van der Waals surface area contributed by atoms with Gasteiger partial charge in [0.05, 0.1) is 5.69 Å². The molecule has 0 aliphatic heterocycles. The van der Waals surface area contributed by atoms with Crippen molar-refractivity contribution in [2.24, 2.45) is 0 Å². The molecular formula is C15H13N5. The summed E-state index contributed by atoms with van der Waals surface area (Å²) in [4.78, 5) is 16.4. The van der Waals surface area contributed by atoms with Gasteiger partial charge in [-0.15, -0.1) is 0 Å². The van der Waals surface area contributed by atoms with Crippen molar-refractivity contribution in [3.63, 3.8) is 0 Å². The number of hydrogen-bond donors (Lipinski definition) is 1. The van der Waals surface area contributed by atoms with Gasteiger partial charge in [-0.2, -0.15) is 0 Å². The van der Waals surface area contributed by atoms with Crippen LogP contribution >= 0.6 is 0 Å². The second-order valence-electron chi connectivity index (χ2n) is 4.25. The third kappa shape index (κ3) is 2.95. The highest BCUT2D eigenvalue weighted by Crippen LogP contribution is 2.16. The second-order valence-corrected chi connectivity index (χ2v) is 4.25. The molecule has 0 saturated heterocycles. The number of anilines is 1. The molecular weight excluding hydrogens is 250 g/mol. The van der Waals surface area contributed by atoms with E-state index in [9.17, 15) is 0 Å². The van der Waals surface area contributed by atoms with Gasteiger partial charge >= 0.3 is 0 Å². The maximum absolute atomic E-state index is 4.23. The zero-order chi connectivity index (χ0) is 13.6. The van der Waals surface area contributed by atoms with Crippen LogP contribution < -0.4 is 5.32 Å². The fraction of sp³-hybridized carbons (Fsp3) is 0.0667. The second kappa shape index (κ2) is 5.88. The molecule has 3 rings (SSSR count). The minimum atomic E-state index is 0.725. The summed E-state index contributed by atoms with van der Waals surface area (Å²) in [5.41, 5.74) is 2.88. The van der Waals surface area contributed by atoms with Crippen LogP contribution in [0.1, 0.15) is 5.56 Å². The Bertz CT molecular complexity index is 670. The van der Waals surface area contributed by atoms with E-state index in [0.29, 0.717) is 0 Å². The van der Waals surface area contributed by atoms with E-state index in [1.165, 1.54) is 18.2 Å². The highest BCUT2D eigenvalue weighted by molar-refractivity contribution is 5.60. The fourth-order valence-electron chi connectivity index (χ4n) is 1.83. The highest BCUT2D eigenvalue weighted by atomic mass is 15.0. The molecule has 0 aliphatic carbocycles. The predicted octanol–water partition coefficient (Wildman–Crippen LogP) is 2.55. The lowest BCUT2D eigenvalue weighted by Crippen LogP contribution is -2.02. The smallest absolute Gasteiger partial charge is 0.130 e. The molecule has 20 heavy (non-hydrogen) atoms. The SMILES string of the molecule is c1ccc(CNc2cc(-c3cncnc3)ncn2)cc1. The van der Waals surface area contributed by atoms with Gasteiger partial charge in [0.25, 0.3) is 0 Å². The molecule has 0 bridgehead atoms. The standard InChI is InChI=1S/C15H13N5/c1-2-4-12(5-3-1)7-18-15-6-14(19-11-20-15)13-8-16-10-17-9-13/h1-6,8-11H,7H2,(H,18,19,20). The van der Waals surface area contributed by atoms with Crippen LogP contribution in [0.2, 0.25) is 0 Å². The van der Waals surface area contributed by atoms with Crippen molar-refractivity contribution in [1.82, 2.24) is 19.9 Å². The fourth-order valence-corrected chi connectivity index (χ4v) is 1.83. The monoisotopic (exact) mass is 263 g/mol. The van der Waals surface area contributed by atoms with Gasteiger partial charge in [0, 0.05) is 30.6 Å². The summed E-state index contributed by atoms with van der Waals surface area (Å²) in [6, 6.07) is 12.1. The normalized spacial score (nSPS) is 10.2. The van der Waals surface area contributed by atoms with Crippen molar-refractivity contribution in [2.45, 2.75) is 6.54 Å². The molecule has 2 aromatic heterocycles. The van der Waals surface area contributed by atoms with Crippen LogP contribution in [-0.2, 0) is 6.54 Å². The lowest BCUT2D eigenvalue weighted by atomic mass is 10.2. The van der Waals surface area contributed by atoms with Gasteiger partial charge < -0.3 is 5.32 Å². The maximum Gasteiger partial charge on any atom is 0.130 e. The zero-order valence-corrected chi connectivity index (χ0v) is 10.8. The van der Waals surface area contributed by atoms with Crippen LogP contribution in [0, 0.1) is 0 Å². The number of benzene rings is 1. The van der Waals surface area contributed by atoms with E-state index in [4.69, 9.17) is 0 Å². The van der Waals surface area contributed by atoms with Crippen LogP contribution in [0.3, 0.4) is 0 Å². The molecule has 0 unspecified atom stereocenters. The van der Waals surface area contributed by atoms with E-state index in [-0.39, 0.29) is 0 Å². The van der Waals surface area contributed by atoms with Gasteiger partial charge in [0.15, 0.2) is 0 Å². The van der Waals surface area contributed by atoms with Crippen molar-refractivity contribution in [3.8, 4) is 11.3 Å². The molecule has 1 N–H and O–H groups in total. The first-order valence-electron chi connectivity index (χ1n) is 6.27. The van der Waals surface area contributed by atoms with Crippen LogP contribution in [0.15, 0.2) is 61.4 Å². The Hall–Kier alpha value is -2.82. The topological polar surface area (TPSA) is 63.6 Å². The minimum absolute atomic E-state index is 0.725. The van der Waals surface area contributed by atoms with E-state index in [2.05, 4.69) is 37.4 Å². The Labute approximate surface area is 116 Å². The summed E-state index contributed by atoms with van der Waals surface area (Å²) in [5.74, 6) is 0.780. The van der Waals surface area contributed by atoms with Crippen molar-refractivity contribution in [1.29, 1.82) is 0 Å². The first-order chi connectivity index (χ1) is 9.92. The van der Waals surface area contributed by atoms with E-state index in [1.54, 1.807) is 12.4 Å². The molecule has 5 heteroatoms. The average molecular weight is 263 g/mol. The Kier molecular flexibility index (Phi) is 3.59. The summed E-state index contributed by atoms with van der Waals surface area (Å²) < 4.78 is 0. The molecule has 0 aliphatic rings. The molecule has 0 spiro atoms. The molecule has 0 atom stereocenters. The van der Waals surface area contributed by atoms with Crippen LogP contribution in [0.4, 0.5) is 5.82 Å². The predicted molar refractivity (Wildman–Crippen MR) is 76.8 cm³/mol. The van der Waals surface area contributed by atoms with E-state index in [1.807, 2.05) is 24.3 Å². The van der Waals surface area contributed by atoms with Crippen LogP contribution in [-0.4, -0.2) is 19.9 Å². The van der Waals surface area contributed by atoms with Gasteiger partial charge in [-0.25, -0.2) is 19.9 Å². The lowest BCUT2D eigenvalue weighted by Gasteiger charge is -2.06. The Morgan fingerprint density at radius 2 is 1.70 bits per heavy atom. The van der Waals surface area contributed by atoms with E-state index < -0.39 is 0 Å². The van der Waals surface area contributed by atoms with E-state index >= 15 is 0 Å². The average Bonchev–Trinajstić information content (AvgIpc) is 2.55. The summed E-state index contributed by atoms with van der Waals surface area (Å²) in [7, 11) is 0. The number of aromatic nitrogens is 4. The molecule has 1 aromatic carbocycles. The first kappa shape index (κ1) is 12.2. The van der Waals surface area contributed by atoms with Crippen molar-refractivity contribution < 1.29 is 0 Å².